The molecule has 2 N–H and O–H groups in total. The van der Waals surface area contributed by atoms with E-state index >= 15 is 0 Å². The molecule has 0 saturated carbocycles. The summed E-state index contributed by atoms with van der Waals surface area (Å²) in [5.41, 5.74) is 3.89. The van der Waals surface area contributed by atoms with Crippen molar-refractivity contribution in [2.75, 3.05) is 11.9 Å². The minimum absolute atomic E-state index is 0.0310. The number of nitrogens with one attached hydrogen (secondary N) is 2. The molecule has 1 aliphatic heterocycles. The van der Waals surface area contributed by atoms with Crippen LogP contribution in [0.5, 0.6) is 5.75 Å². The number of rotatable bonds is 3. The van der Waals surface area contributed by atoms with Gasteiger partial charge in [0.1, 0.15) is 10.6 Å². The van der Waals surface area contributed by atoms with Gasteiger partial charge >= 0.3 is 0 Å². The van der Waals surface area contributed by atoms with Crippen LogP contribution < -0.4 is 15.4 Å². The number of aryl methyl sites for hydroxylation is 1. The predicted octanol–water partition coefficient (Wildman–Crippen LogP) is 2.27. The lowest BCUT2D eigenvalue weighted by Crippen LogP contribution is -2.28. The van der Waals surface area contributed by atoms with Gasteiger partial charge in [-0.15, -0.1) is 11.3 Å². The molecule has 1 aliphatic rings. The Morgan fingerprint density at radius 1 is 1.50 bits per heavy atom. The number of ether oxygens (including phenoxy) is 1. The van der Waals surface area contributed by atoms with Crippen molar-refractivity contribution >= 4 is 28.8 Å². The Kier molecular flexibility index (Phi) is 3.81. The van der Waals surface area contributed by atoms with Crippen molar-refractivity contribution in [3.63, 3.8) is 0 Å². The van der Waals surface area contributed by atoms with Crippen LogP contribution in [-0.2, 0) is 4.79 Å². The Hall–Kier alpha value is -2.41. The zero-order valence-electron chi connectivity index (χ0n) is 12.2. The van der Waals surface area contributed by atoms with Crippen LogP contribution in [0, 0.1) is 6.92 Å². The summed E-state index contributed by atoms with van der Waals surface area (Å²) in [7, 11) is 0. The third kappa shape index (κ3) is 2.80. The highest BCUT2D eigenvalue weighted by Gasteiger charge is 2.19. The number of carbonyl (C=O) groups excluding carboxylic acids is 2. The lowest BCUT2D eigenvalue weighted by molar-refractivity contribution is -0.118. The number of nitrogens with zero attached hydrogens (tertiary/aromatic N) is 1. The normalized spacial score (nSPS) is 14.5. The first-order chi connectivity index (χ1) is 10.5. The van der Waals surface area contributed by atoms with E-state index in [1.165, 1.54) is 11.3 Å². The monoisotopic (exact) mass is 317 g/mol. The second kappa shape index (κ2) is 5.76. The molecule has 2 aromatic rings. The van der Waals surface area contributed by atoms with Crippen LogP contribution in [0.2, 0.25) is 0 Å². The Bertz CT molecular complexity index is 741. The summed E-state index contributed by atoms with van der Waals surface area (Å²) in [5.74, 6) is 0.312. The van der Waals surface area contributed by atoms with Crippen molar-refractivity contribution in [2.45, 2.75) is 19.9 Å². The smallest absolute Gasteiger partial charge is 0.263 e. The van der Waals surface area contributed by atoms with E-state index in [0.29, 0.717) is 16.3 Å². The van der Waals surface area contributed by atoms with E-state index in [-0.39, 0.29) is 24.5 Å². The standard InChI is InChI=1S/C15H15N3O3S/c1-8(17-15(20)14-9(2)16-7-22-14)10-3-4-12-11(5-10)18-13(19)6-21-12/h3-5,7-8H,6H2,1-2H3,(H,17,20)(H,18,19)/t8-/m0/s1. The molecule has 1 atom stereocenters. The van der Waals surface area contributed by atoms with Crippen LogP contribution in [0.1, 0.15) is 33.9 Å². The minimum Gasteiger partial charge on any atom is -0.482 e. The number of anilines is 1. The SMILES string of the molecule is Cc1ncsc1C(=O)N[C@@H](C)c1ccc2c(c1)NC(=O)CO2. The van der Waals surface area contributed by atoms with Gasteiger partial charge in [0.2, 0.25) is 0 Å². The molecule has 0 aliphatic carbocycles. The van der Waals surface area contributed by atoms with Crippen molar-refractivity contribution in [1.29, 1.82) is 0 Å². The lowest BCUT2D eigenvalue weighted by Gasteiger charge is -2.20. The van der Waals surface area contributed by atoms with Crippen molar-refractivity contribution < 1.29 is 14.3 Å². The number of carbonyl (C=O) groups is 2. The molecular weight excluding hydrogens is 302 g/mol. The van der Waals surface area contributed by atoms with Gasteiger partial charge in [-0.05, 0) is 31.5 Å². The quantitative estimate of drug-likeness (QED) is 0.910. The number of hydrogen-bond acceptors (Lipinski definition) is 5. The summed E-state index contributed by atoms with van der Waals surface area (Å²) in [6, 6.07) is 5.29. The summed E-state index contributed by atoms with van der Waals surface area (Å²) in [6.07, 6.45) is 0. The molecule has 114 valence electrons. The fraction of sp³-hybridized carbons (Fsp3) is 0.267. The van der Waals surface area contributed by atoms with Crippen LogP contribution in [0.4, 0.5) is 5.69 Å². The number of benzene rings is 1. The number of thiazole rings is 1. The van der Waals surface area contributed by atoms with E-state index in [0.717, 1.165) is 11.3 Å². The van der Waals surface area contributed by atoms with Crippen molar-refractivity contribution in [3.05, 3.63) is 39.8 Å². The number of fused-ring (bicyclic) bond motifs is 1. The van der Waals surface area contributed by atoms with E-state index < -0.39 is 0 Å². The Morgan fingerprint density at radius 3 is 3.05 bits per heavy atom. The van der Waals surface area contributed by atoms with Gasteiger partial charge in [-0.1, -0.05) is 6.07 Å². The molecule has 0 saturated heterocycles. The van der Waals surface area contributed by atoms with Crippen molar-refractivity contribution in [1.82, 2.24) is 10.3 Å². The molecule has 3 rings (SSSR count). The van der Waals surface area contributed by atoms with Crippen LogP contribution in [0.3, 0.4) is 0 Å². The molecule has 6 nitrogen and oxygen atoms in total. The first-order valence-electron chi connectivity index (χ1n) is 6.82. The van der Waals surface area contributed by atoms with Gasteiger partial charge in [0.05, 0.1) is 22.9 Å². The number of hydrogen-bond donors (Lipinski definition) is 2. The zero-order chi connectivity index (χ0) is 15.7. The maximum absolute atomic E-state index is 12.2. The molecule has 2 heterocycles. The second-order valence-electron chi connectivity index (χ2n) is 5.05. The van der Waals surface area contributed by atoms with Gasteiger partial charge in [0, 0.05) is 0 Å². The van der Waals surface area contributed by atoms with Gasteiger partial charge in [-0.3, -0.25) is 9.59 Å². The molecule has 2 amide bonds. The molecule has 0 spiro atoms. The van der Waals surface area contributed by atoms with Crippen LogP contribution in [-0.4, -0.2) is 23.4 Å². The molecule has 1 aromatic carbocycles. The third-order valence-corrected chi connectivity index (χ3v) is 4.36. The molecule has 22 heavy (non-hydrogen) atoms. The Morgan fingerprint density at radius 2 is 2.32 bits per heavy atom. The highest BCUT2D eigenvalue weighted by atomic mass is 32.1. The van der Waals surface area contributed by atoms with Gasteiger partial charge in [-0.25, -0.2) is 4.98 Å². The first kappa shape index (κ1) is 14.5. The van der Waals surface area contributed by atoms with E-state index in [1.54, 1.807) is 11.6 Å². The summed E-state index contributed by atoms with van der Waals surface area (Å²) < 4.78 is 5.32. The number of aromatic nitrogens is 1. The molecule has 0 radical (unpaired) electrons. The summed E-state index contributed by atoms with van der Waals surface area (Å²) in [6.45, 7) is 3.73. The zero-order valence-corrected chi connectivity index (χ0v) is 13.0. The molecular formula is C15H15N3O3S. The maximum atomic E-state index is 12.2. The van der Waals surface area contributed by atoms with Crippen LogP contribution in [0.15, 0.2) is 23.7 Å². The fourth-order valence-electron chi connectivity index (χ4n) is 2.24. The summed E-state index contributed by atoms with van der Waals surface area (Å²) >= 11 is 1.32. The molecule has 0 bridgehead atoms. The minimum atomic E-state index is -0.196. The highest BCUT2D eigenvalue weighted by Crippen LogP contribution is 2.30. The Labute approximate surface area is 131 Å². The van der Waals surface area contributed by atoms with Crippen molar-refractivity contribution in [3.8, 4) is 5.75 Å². The Balaban J connectivity index is 1.76. The third-order valence-electron chi connectivity index (χ3n) is 3.44. The number of amides is 2. The van der Waals surface area contributed by atoms with E-state index in [1.807, 2.05) is 26.0 Å². The van der Waals surface area contributed by atoms with Crippen LogP contribution in [0.25, 0.3) is 0 Å². The fourth-order valence-corrected chi connectivity index (χ4v) is 2.94. The van der Waals surface area contributed by atoms with Crippen molar-refractivity contribution in [2.24, 2.45) is 0 Å². The lowest BCUT2D eigenvalue weighted by atomic mass is 10.1. The van der Waals surface area contributed by atoms with Gasteiger partial charge in [-0.2, -0.15) is 0 Å². The van der Waals surface area contributed by atoms with E-state index in [4.69, 9.17) is 4.74 Å². The molecule has 7 heteroatoms. The van der Waals surface area contributed by atoms with Gasteiger partial charge < -0.3 is 15.4 Å². The van der Waals surface area contributed by atoms with Gasteiger partial charge in [0.25, 0.3) is 11.8 Å². The maximum Gasteiger partial charge on any atom is 0.263 e. The van der Waals surface area contributed by atoms with E-state index in [9.17, 15) is 9.59 Å². The van der Waals surface area contributed by atoms with E-state index in [2.05, 4.69) is 15.6 Å². The molecule has 0 fully saturated rings. The average molecular weight is 317 g/mol. The summed E-state index contributed by atoms with van der Waals surface area (Å²) in [5, 5.41) is 5.70. The topological polar surface area (TPSA) is 80.3 Å². The van der Waals surface area contributed by atoms with Gasteiger partial charge in [0.15, 0.2) is 6.61 Å². The largest absolute Gasteiger partial charge is 0.482 e. The second-order valence-corrected chi connectivity index (χ2v) is 5.91. The van der Waals surface area contributed by atoms with Crippen LogP contribution >= 0.6 is 11.3 Å². The highest BCUT2D eigenvalue weighted by molar-refractivity contribution is 7.11. The predicted molar refractivity (Wildman–Crippen MR) is 83.3 cm³/mol. The molecule has 1 aromatic heterocycles. The summed E-state index contributed by atoms with van der Waals surface area (Å²) in [4.78, 5) is 28.3. The molecule has 0 unspecified atom stereocenters. The average Bonchev–Trinajstić information content (AvgIpc) is 2.92. The first-order valence-corrected chi connectivity index (χ1v) is 7.70.